The van der Waals surface area contributed by atoms with Gasteiger partial charge in [-0.15, -0.1) is 11.3 Å². The second kappa shape index (κ2) is 7.33. The molecule has 0 aliphatic carbocycles. The first-order valence-electron chi connectivity index (χ1n) is 12.4. The molecule has 0 atom stereocenters. The van der Waals surface area contributed by atoms with Gasteiger partial charge in [-0.05, 0) is 47.7 Å². The van der Waals surface area contributed by atoms with Crippen molar-refractivity contribution in [3.63, 3.8) is 0 Å². The van der Waals surface area contributed by atoms with Gasteiger partial charge in [-0.1, -0.05) is 38.1 Å². The number of aromatic nitrogens is 6. The van der Waals surface area contributed by atoms with Crippen molar-refractivity contribution in [2.45, 2.75) is 26.7 Å². The summed E-state index contributed by atoms with van der Waals surface area (Å²) in [6.07, 6.45) is 3.81. The molecule has 6 nitrogen and oxygen atoms in total. The molecule has 4 heterocycles. The molecule has 4 aromatic carbocycles. The maximum absolute atomic E-state index is 4.81. The van der Waals surface area contributed by atoms with Crippen molar-refractivity contribution in [3.8, 4) is 11.1 Å². The summed E-state index contributed by atoms with van der Waals surface area (Å²) in [6.45, 7) is 6.27. The Balaban J connectivity index is 1.33. The zero-order valence-corrected chi connectivity index (χ0v) is 21.4. The minimum absolute atomic E-state index is 0.379. The Hall–Kier alpha value is -4.36. The average molecular weight is 499 g/mol. The van der Waals surface area contributed by atoms with Gasteiger partial charge < -0.3 is 4.98 Å². The Morgan fingerprint density at radius 3 is 2.32 bits per heavy atom. The van der Waals surface area contributed by atoms with Gasteiger partial charge in [0.05, 0.1) is 22.7 Å². The lowest BCUT2D eigenvalue weighted by Crippen LogP contribution is -1.88. The first-order chi connectivity index (χ1) is 18.0. The summed E-state index contributed by atoms with van der Waals surface area (Å²) < 4.78 is 2.54. The largest absolute Gasteiger partial charge is 0.342 e. The second-order valence-corrected chi connectivity index (χ2v) is 11.1. The maximum atomic E-state index is 4.81. The minimum atomic E-state index is 0.379. The maximum Gasteiger partial charge on any atom is 0.126 e. The highest BCUT2D eigenvalue weighted by atomic mass is 32.1. The summed E-state index contributed by atoms with van der Waals surface area (Å²) in [6, 6.07) is 17.9. The number of fused-ring (bicyclic) bond motifs is 10. The van der Waals surface area contributed by atoms with Crippen LogP contribution in [0.2, 0.25) is 0 Å². The normalized spacial score (nSPS) is 12.4. The van der Waals surface area contributed by atoms with Crippen molar-refractivity contribution < 1.29 is 0 Å². The lowest BCUT2D eigenvalue weighted by atomic mass is 9.96. The van der Waals surface area contributed by atoms with Crippen molar-refractivity contribution in [2.75, 3.05) is 0 Å². The van der Waals surface area contributed by atoms with Gasteiger partial charge in [-0.25, -0.2) is 15.0 Å². The molecule has 37 heavy (non-hydrogen) atoms. The summed E-state index contributed by atoms with van der Waals surface area (Å²) >= 11 is 1.83. The Kier molecular flexibility index (Phi) is 4.12. The van der Waals surface area contributed by atoms with E-state index in [-0.39, 0.29) is 0 Å². The third-order valence-corrected chi connectivity index (χ3v) is 8.45. The van der Waals surface area contributed by atoms with E-state index in [1.165, 1.54) is 31.3 Å². The Labute approximate surface area is 215 Å². The molecule has 8 aromatic rings. The molecule has 0 aliphatic heterocycles. The van der Waals surface area contributed by atoms with Crippen molar-refractivity contribution in [2.24, 2.45) is 0 Å². The number of aromatic amines is 2. The molecule has 2 N–H and O–H groups in total. The summed E-state index contributed by atoms with van der Waals surface area (Å²) in [5, 5.41) is 14.2. The molecule has 0 spiro atoms. The number of H-pyrrole nitrogens is 2. The Morgan fingerprint density at radius 2 is 1.49 bits per heavy atom. The highest BCUT2D eigenvalue weighted by Gasteiger charge is 2.15. The monoisotopic (exact) mass is 498 g/mol. The molecule has 0 saturated heterocycles. The molecule has 0 aliphatic rings. The predicted molar refractivity (Wildman–Crippen MR) is 153 cm³/mol. The Bertz CT molecular complexity index is 2200. The topological polar surface area (TPSA) is 83.1 Å². The standard InChI is InChI=1S/C30H22N6S/c1-14(2)30-35-24-10-21-18-6-4-17(9-26(18)37-27(21)11-25(24)36-30)16-5-7-19-20(8-16)22-12-31-32-13-23(22)29-28(19)33-15(3)34-29/h4-14,31H,1-3H3,(H,35,36). The summed E-state index contributed by atoms with van der Waals surface area (Å²) in [4.78, 5) is 17.7. The number of thiophene rings is 1. The van der Waals surface area contributed by atoms with Gasteiger partial charge in [0, 0.05) is 48.4 Å². The molecule has 0 amide bonds. The van der Waals surface area contributed by atoms with Crippen LogP contribution in [0.4, 0.5) is 0 Å². The van der Waals surface area contributed by atoms with Gasteiger partial charge >= 0.3 is 0 Å². The van der Waals surface area contributed by atoms with Gasteiger partial charge in [0.15, 0.2) is 0 Å². The fraction of sp³-hybridized carbons (Fsp3) is 0.133. The van der Waals surface area contributed by atoms with Crippen molar-refractivity contribution in [3.05, 3.63) is 72.6 Å². The third-order valence-electron chi connectivity index (χ3n) is 7.33. The summed E-state index contributed by atoms with van der Waals surface area (Å²) in [5.41, 5.74) is 6.35. The SMILES string of the molecule is Cc1nc2c3ccc(-c4ccc5c(c4)sc4cc6nc(C(C)C)[nH]c6cc45)cc3c3c[nH]ncc3c2n1. The first-order valence-corrected chi connectivity index (χ1v) is 13.2. The molecule has 0 fully saturated rings. The van der Waals surface area contributed by atoms with Crippen LogP contribution in [0.1, 0.15) is 31.4 Å². The van der Waals surface area contributed by atoms with Crippen molar-refractivity contribution in [1.29, 1.82) is 0 Å². The smallest absolute Gasteiger partial charge is 0.126 e. The van der Waals surface area contributed by atoms with E-state index in [2.05, 4.69) is 82.5 Å². The second-order valence-electron chi connectivity index (χ2n) is 10.0. The molecule has 4 aromatic heterocycles. The average Bonchev–Trinajstić information content (AvgIpc) is 3.61. The summed E-state index contributed by atoms with van der Waals surface area (Å²) in [7, 11) is 0. The first kappa shape index (κ1) is 20.8. The minimum Gasteiger partial charge on any atom is -0.342 e. The van der Waals surface area contributed by atoms with E-state index in [0.717, 1.165) is 55.3 Å². The number of aryl methyl sites for hydroxylation is 1. The quantitative estimate of drug-likeness (QED) is 0.237. The molecule has 0 bridgehead atoms. The zero-order chi connectivity index (χ0) is 24.8. The van der Waals surface area contributed by atoms with Crippen LogP contribution in [0.5, 0.6) is 0 Å². The zero-order valence-electron chi connectivity index (χ0n) is 20.5. The third kappa shape index (κ3) is 2.98. The highest BCUT2D eigenvalue weighted by molar-refractivity contribution is 7.25. The van der Waals surface area contributed by atoms with E-state index in [9.17, 15) is 0 Å². The fourth-order valence-corrected chi connectivity index (χ4v) is 6.66. The van der Waals surface area contributed by atoms with E-state index in [1.54, 1.807) is 0 Å². The van der Waals surface area contributed by atoms with Crippen LogP contribution in [0.3, 0.4) is 0 Å². The molecule has 8 rings (SSSR count). The van der Waals surface area contributed by atoms with Gasteiger partial charge in [0.25, 0.3) is 0 Å². The van der Waals surface area contributed by atoms with Gasteiger partial charge in [-0.2, -0.15) is 5.10 Å². The van der Waals surface area contributed by atoms with Gasteiger partial charge in [0.2, 0.25) is 0 Å². The van der Waals surface area contributed by atoms with E-state index in [1.807, 2.05) is 30.7 Å². The number of hydrogen-bond donors (Lipinski definition) is 2. The summed E-state index contributed by atoms with van der Waals surface area (Å²) in [5.74, 6) is 2.20. The van der Waals surface area contributed by atoms with Crippen LogP contribution in [-0.2, 0) is 0 Å². The van der Waals surface area contributed by atoms with Crippen LogP contribution in [0, 0.1) is 6.92 Å². The number of hydrogen-bond acceptors (Lipinski definition) is 5. The fourth-order valence-electron chi connectivity index (χ4n) is 5.50. The number of imidazole rings is 2. The van der Waals surface area contributed by atoms with E-state index < -0.39 is 0 Å². The molecule has 0 radical (unpaired) electrons. The van der Waals surface area contributed by atoms with Gasteiger partial charge in [-0.3, -0.25) is 5.10 Å². The number of nitrogens with one attached hydrogen (secondary N) is 2. The predicted octanol–water partition coefficient (Wildman–Crippen LogP) is 8.00. The molecule has 178 valence electrons. The van der Waals surface area contributed by atoms with Crippen LogP contribution >= 0.6 is 11.3 Å². The van der Waals surface area contributed by atoms with Crippen molar-refractivity contribution >= 4 is 75.1 Å². The number of benzene rings is 4. The van der Waals surface area contributed by atoms with E-state index in [4.69, 9.17) is 9.97 Å². The van der Waals surface area contributed by atoms with Crippen LogP contribution in [0.25, 0.3) is 74.9 Å². The van der Waals surface area contributed by atoms with Crippen LogP contribution in [-0.4, -0.2) is 30.1 Å². The Morgan fingerprint density at radius 1 is 0.730 bits per heavy atom. The van der Waals surface area contributed by atoms with Gasteiger partial charge in [0.1, 0.15) is 17.2 Å². The van der Waals surface area contributed by atoms with Crippen molar-refractivity contribution in [1.82, 2.24) is 30.1 Å². The number of rotatable bonds is 2. The molecule has 0 saturated carbocycles. The van der Waals surface area contributed by atoms with Crippen LogP contribution < -0.4 is 0 Å². The lowest BCUT2D eigenvalue weighted by Gasteiger charge is -2.08. The number of nitrogens with zero attached hydrogens (tertiary/aromatic N) is 4. The molecule has 0 unspecified atom stereocenters. The van der Waals surface area contributed by atoms with Crippen LogP contribution in [0.15, 0.2) is 60.9 Å². The van der Waals surface area contributed by atoms with E-state index >= 15 is 0 Å². The highest BCUT2D eigenvalue weighted by Crippen LogP contribution is 2.40. The molecular formula is C30H22N6S. The molecular weight excluding hydrogens is 476 g/mol. The molecule has 7 heteroatoms. The van der Waals surface area contributed by atoms with E-state index in [0.29, 0.717) is 5.92 Å². The lowest BCUT2D eigenvalue weighted by molar-refractivity contribution is 0.799.